The van der Waals surface area contributed by atoms with E-state index in [0.29, 0.717) is 12.1 Å². The number of para-hydroxylation sites is 1. The van der Waals surface area contributed by atoms with E-state index in [1.165, 1.54) is 29.3 Å². The van der Waals surface area contributed by atoms with Crippen LogP contribution in [0.25, 0.3) is 10.9 Å². The van der Waals surface area contributed by atoms with Crippen LogP contribution in [0.5, 0.6) is 0 Å². The van der Waals surface area contributed by atoms with Gasteiger partial charge in [0.05, 0.1) is 5.56 Å². The van der Waals surface area contributed by atoms with Gasteiger partial charge in [-0.25, -0.2) is 0 Å². The normalized spacial score (nSPS) is 10.8. The summed E-state index contributed by atoms with van der Waals surface area (Å²) in [4.78, 5) is 28.8. The summed E-state index contributed by atoms with van der Waals surface area (Å²) in [6.07, 6.45) is 2.18. The number of rotatable bonds is 4. The van der Waals surface area contributed by atoms with Gasteiger partial charge in [-0.2, -0.15) is 0 Å². The largest absolute Gasteiger partial charge is 0.358 e. The number of nitrogens with one attached hydrogen (secondary N) is 3. The Balaban J connectivity index is 1.67. The fourth-order valence-electron chi connectivity index (χ4n) is 2.61. The minimum atomic E-state index is -0.217. The lowest BCUT2D eigenvalue weighted by molar-refractivity contribution is 0.0953. The predicted molar refractivity (Wildman–Crippen MR) is 86.1 cm³/mol. The second-order valence-corrected chi connectivity index (χ2v) is 5.22. The molecular weight excluding hydrogens is 278 g/mol. The number of hydrogen-bond acceptors (Lipinski definition) is 2. The Labute approximate surface area is 127 Å². The van der Waals surface area contributed by atoms with Crippen molar-refractivity contribution in [3.63, 3.8) is 0 Å². The lowest BCUT2D eigenvalue weighted by atomic mass is 10.1. The highest BCUT2D eigenvalue weighted by Gasteiger charge is 2.09. The molecule has 0 aliphatic rings. The molecular formula is C17H17N3O2. The third kappa shape index (κ3) is 2.79. The maximum absolute atomic E-state index is 12.0. The van der Waals surface area contributed by atoms with Crippen molar-refractivity contribution >= 4 is 16.8 Å². The SMILES string of the molecule is Cc1[nH]c2ccccc2c1CCNC(=O)c1ccc(=O)[nH]c1. The maximum atomic E-state index is 12.0. The van der Waals surface area contributed by atoms with E-state index in [1.807, 2.05) is 25.1 Å². The van der Waals surface area contributed by atoms with Gasteiger partial charge in [-0.1, -0.05) is 18.2 Å². The number of hydrogen-bond donors (Lipinski definition) is 3. The highest BCUT2D eigenvalue weighted by molar-refractivity contribution is 5.93. The van der Waals surface area contributed by atoms with Crippen LogP contribution in [0.4, 0.5) is 0 Å². The Hall–Kier alpha value is -2.82. The van der Waals surface area contributed by atoms with E-state index in [-0.39, 0.29) is 11.5 Å². The minimum Gasteiger partial charge on any atom is -0.358 e. The summed E-state index contributed by atoms with van der Waals surface area (Å²) in [6, 6.07) is 11.0. The van der Waals surface area contributed by atoms with Crippen LogP contribution in [0, 0.1) is 6.92 Å². The van der Waals surface area contributed by atoms with Crippen molar-refractivity contribution < 1.29 is 4.79 Å². The molecule has 22 heavy (non-hydrogen) atoms. The molecule has 1 aromatic carbocycles. The van der Waals surface area contributed by atoms with Crippen LogP contribution in [-0.4, -0.2) is 22.4 Å². The van der Waals surface area contributed by atoms with Gasteiger partial charge >= 0.3 is 0 Å². The second kappa shape index (κ2) is 5.89. The van der Waals surface area contributed by atoms with E-state index in [1.54, 1.807) is 0 Å². The summed E-state index contributed by atoms with van der Waals surface area (Å²) >= 11 is 0. The number of aryl methyl sites for hydroxylation is 1. The molecule has 0 unspecified atom stereocenters. The number of H-pyrrole nitrogens is 2. The average Bonchev–Trinajstić information content (AvgIpc) is 2.84. The van der Waals surface area contributed by atoms with E-state index < -0.39 is 0 Å². The summed E-state index contributed by atoms with van der Waals surface area (Å²) < 4.78 is 0. The molecule has 0 spiro atoms. The first-order chi connectivity index (χ1) is 10.6. The lowest BCUT2D eigenvalue weighted by Crippen LogP contribution is -2.26. The first-order valence-corrected chi connectivity index (χ1v) is 7.18. The number of carbonyl (C=O) groups excluding carboxylic acids is 1. The van der Waals surface area contributed by atoms with Crippen LogP contribution in [0.15, 0.2) is 47.4 Å². The molecule has 0 radical (unpaired) electrons. The molecule has 5 heteroatoms. The topological polar surface area (TPSA) is 77.8 Å². The summed E-state index contributed by atoms with van der Waals surface area (Å²) in [7, 11) is 0. The van der Waals surface area contributed by atoms with Gasteiger partial charge in [-0.3, -0.25) is 9.59 Å². The highest BCUT2D eigenvalue weighted by Crippen LogP contribution is 2.21. The third-order valence-corrected chi connectivity index (χ3v) is 3.73. The molecule has 0 bridgehead atoms. The summed E-state index contributed by atoms with van der Waals surface area (Å²) in [5, 5.41) is 4.07. The lowest BCUT2D eigenvalue weighted by Gasteiger charge is -2.05. The molecule has 5 nitrogen and oxygen atoms in total. The Morgan fingerprint density at radius 2 is 2.00 bits per heavy atom. The van der Waals surface area contributed by atoms with E-state index in [2.05, 4.69) is 21.4 Å². The van der Waals surface area contributed by atoms with Gasteiger partial charge in [0.2, 0.25) is 5.56 Å². The maximum Gasteiger partial charge on any atom is 0.252 e. The zero-order valence-electron chi connectivity index (χ0n) is 12.3. The molecule has 1 amide bonds. The number of fused-ring (bicyclic) bond motifs is 1. The molecule has 0 saturated carbocycles. The zero-order chi connectivity index (χ0) is 15.5. The smallest absolute Gasteiger partial charge is 0.252 e. The Bertz CT molecular complexity index is 856. The molecule has 112 valence electrons. The van der Waals surface area contributed by atoms with Gasteiger partial charge < -0.3 is 15.3 Å². The molecule has 3 rings (SSSR count). The van der Waals surface area contributed by atoms with Crippen LogP contribution in [0.3, 0.4) is 0 Å². The zero-order valence-corrected chi connectivity index (χ0v) is 12.3. The molecule has 0 atom stereocenters. The van der Waals surface area contributed by atoms with Crippen molar-refractivity contribution in [2.24, 2.45) is 0 Å². The van der Waals surface area contributed by atoms with Crippen molar-refractivity contribution in [3.05, 3.63) is 69.8 Å². The van der Waals surface area contributed by atoms with Gasteiger partial charge in [0.25, 0.3) is 5.91 Å². The van der Waals surface area contributed by atoms with E-state index in [0.717, 1.165) is 17.6 Å². The molecule has 0 saturated heterocycles. The van der Waals surface area contributed by atoms with Crippen LogP contribution >= 0.6 is 0 Å². The number of carbonyl (C=O) groups is 1. The number of amides is 1. The monoisotopic (exact) mass is 295 g/mol. The Morgan fingerprint density at radius 1 is 1.18 bits per heavy atom. The van der Waals surface area contributed by atoms with Gasteiger partial charge in [0.1, 0.15) is 0 Å². The summed E-state index contributed by atoms with van der Waals surface area (Å²) in [5.41, 5.74) is 3.69. The molecule has 0 fully saturated rings. The number of aromatic amines is 2. The first-order valence-electron chi connectivity index (χ1n) is 7.18. The van der Waals surface area contributed by atoms with Gasteiger partial charge in [0, 0.05) is 35.4 Å². The van der Waals surface area contributed by atoms with E-state index in [4.69, 9.17) is 0 Å². The summed E-state index contributed by atoms with van der Waals surface area (Å²) in [5.74, 6) is -0.186. The number of pyridine rings is 1. The van der Waals surface area contributed by atoms with Crippen molar-refractivity contribution in [2.75, 3.05) is 6.54 Å². The van der Waals surface area contributed by atoms with E-state index in [9.17, 15) is 9.59 Å². The Morgan fingerprint density at radius 3 is 2.77 bits per heavy atom. The van der Waals surface area contributed by atoms with Crippen molar-refractivity contribution in [3.8, 4) is 0 Å². The average molecular weight is 295 g/mol. The fourth-order valence-corrected chi connectivity index (χ4v) is 2.61. The van der Waals surface area contributed by atoms with E-state index >= 15 is 0 Å². The van der Waals surface area contributed by atoms with Crippen LogP contribution in [0.2, 0.25) is 0 Å². The van der Waals surface area contributed by atoms with Gasteiger partial charge in [0.15, 0.2) is 0 Å². The highest BCUT2D eigenvalue weighted by atomic mass is 16.1. The summed E-state index contributed by atoms with van der Waals surface area (Å²) in [6.45, 7) is 2.58. The number of aromatic nitrogens is 2. The van der Waals surface area contributed by atoms with Crippen molar-refractivity contribution in [2.45, 2.75) is 13.3 Å². The van der Waals surface area contributed by atoms with Crippen LogP contribution in [0.1, 0.15) is 21.6 Å². The standard InChI is InChI=1S/C17H17N3O2/c1-11-13(14-4-2-3-5-15(14)20-11)8-9-18-17(22)12-6-7-16(21)19-10-12/h2-7,10,20H,8-9H2,1H3,(H,18,22)(H,19,21). The fraction of sp³-hybridized carbons (Fsp3) is 0.176. The van der Waals surface area contributed by atoms with Crippen molar-refractivity contribution in [1.82, 2.24) is 15.3 Å². The molecule has 3 aromatic rings. The number of benzene rings is 1. The molecule has 0 aliphatic carbocycles. The molecule has 2 aromatic heterocycles. The quantitative estimate of drug-likeness (QED) is 0.689. The Kier molecular flexibility index (Phi) is 3.78. The molecule has 3 N–H and O–H groups in total. The van der Waals surface area contributed by atoms with Gasteiger partial charge in [-0.15, -0.1) is 0 Å². The third-order valence-electron chi connectivity index (χ3n) is 3.73. The second-order valence-electron chi connectivity index (χ2n) is 5.22. The minimum absolute atomic E-state index is 0.186. The van der Waals surface area contributed by atoms with Gasteiger partial charge in [-0.05, 0) is 31.0 Å². The molecule has 0 aliphatic heterocycles. The van der Waals surface area contributed by atoms with Crippen LogP contribution in [-0.2, 0) is 6.42 Å². The molecule has 2 heterocycles. The predicted octanol–water partition coefficient (Wildman–Crippen LogP) is 2.14. The van der Waals surface area contributed by atoms with Crippen LogP contribution < -0.4 is 10.9 Å². The first kappa shape index (κ1) is 14.1. The van der Waals surface area contributed by atoms with Crippen molar-refractivity contribution in [1.29, 1.82) is 0 Å².